The molecule has 0 aromatic heterocycles. The van der Waals surface area contributed by atoms with E-state index in [1.165, 1.54) is 11.1 Å². The molecule has 2 N–H and O–H groups in total. The minimum absolute atomic E-state index is 0.147. The van der Waals surface area contributed by atoms with Crippen LogP contribution in [0.1, 0.15) is 51.2 Å². The van der Waals surface area contributed by atoms with E-state index in [-0.39, 0.29) is 5.91 Å². The molecule has 2 rings (SSSR count). The molecule has 0 spiro atoms. The molecule has 29 heavy (non-hydrogen) atoms. The minimum atomic E-state index is 0.147. The Kier molecular flexibility index (Phi) is 9.98. The average molecular weight is 402 g/mol. The fraction of sp³-hybridized carbons (Fsp3) is 0.652. The summed E-state index contributed by atoms with van der Waals surface area (Å²) < 4.78 is 0. The predicted octanol–water partition coefficient (Wildman–Crippen LogP) is 2.84. The van der Waals surface area contributed by atoms with Crippen molar-refractivity contribution in [3.63, 3.8) is 0 Å². The third-order valence-electron chi connectivity index (χ3n) is 5.81. The molecule has 0 unspecified atom stereocenters. The van der Waals surface area contributed by atoms with Crippen LogP contribution >= 0.6 is 0 Å². The number of carbonyl (C=O) groups is 1. The molecule has 1 heterocycles. The number of hydrogen-bond acceptors (Lipinski definition) is 3. The van der Waals surface area contributed by atoms with Gasteiger partial charge in [-0.3, -0.25) is 9.69 Å². The van der Waals surface area contributed by atoms with Gasteiger partial charge in [-0.2, -0.15) is 0 Å². The van der Waals surface area contributed by atoms with Crippen LogP contribution < -0.4 is 10.6 Å². The molecule has 0 bridgehead atoms. The molecule has 0 saturated carbocycles. The molecule has 6 nitrogen and oxygen atoms in total. The monoisotopic (exact) mass is 401 g/mol. The van der Waals surface area contributed by atoms with Gasteiger partial charge in [0, 0.05) is 39.6 Å². The second kappa shape index (κ2) is 12.5. The smallest absolute Gasteiger partial charge is 0.220 e. The van der Waals surface area contributed by atoms with E-state index >= 15 is 0 Å². The fourth-order valence-corrected chi connectivity index (χ4v) is 3.85. The van der Waals surface area contributed by atoms with E-state index in [4.69, 9.17) is 4.99 Å². The summed E-state index contributed by atoms with van der Waals surface area (Å²) in [7, 11) is 1.71. The van der Waals surface area contributed by atoms with Crippen molar-refractivity contribution in [2.45, 2.75) is 53.1 Å². The molecule has 1 aliphatic rings. The number of aliphatic imine (C=N–C) groups is 1. The van der Waals surface area contributed by atoms with Gasteiger partial charge in [0.05, 0.1) is 6.54 Å². The molecule has 0 radical (unpaired) electrons. The van der Waals surface area contributed by atoms with Crippen molar-refractivity contribution < 1.29 is 4.79 Å². The minimum Gasteiger partial charge on any atom is -0.359 e. The summed E-state index contributed by atoms with van der Waals surface area (Å²) in [4.78, 5) is 21.4. The van der Waals surface area contributed by atoms with E-state index in [9.17, 15) is 4.79 Å². The summed E-state index contributed by atoms with van der Waals surface area (Å²) in [6, 6.07) is 8.64. The van der Waals surface area contributed by atoms with Crippen molar-refractivity contribution in [2.24, 2.45) is 10.9 Å². The molecular weight excluding hydrogens is 362 g/mol. The Morgan fingerprint density at radius 3 is 2.38 bits per heavy atom. The molecular formula is C23H39N5O. The zero-order valence-corrected chi connectivity index (χ0v) is 18.7. The first kappa shape index (κ1) is 23.2. The molecule has 6 heteroatoms. The highest BCUT2D eigenvalue weighted by molar-refractivity contribution is 5.80. The second-order valence-corrected chi connectivity index (χ2v) is 7.71. The third kappa shape index (κ3) is 7.35. The average Bonchev–Trinajstić information content (AvgIpc) is 2.76. The number of amides is 1. The highest BCUT2D eigenvalue weighted by Gasteiger charge is 2.23. The molecule has 1 amide bonds. The Labute approximate surface area is 176 Å². The van der Waals surface area contributed by atoms with Crippen molar-refractivity contribution in [2.75, 3.05) is 39.8 Å². The Balaban J connectivity index is 2.02. The van der Waals surface area contributed by atoms with E-state index in [1.54, 1.807) is 7.05 Å². The number of piperidine rings is 1. The van der Waals surface area contributed by atoms with E-state index in [0.29, 0.717) is 18.9 Å². The highest BCUT2D eigenvalue weighted by atomic mass is 16.1. The number of nitrogens with zero attached hydrogens (tertiary/aromatic N) is 3. The van der Waals surface area contributed by atoms with Crippen molar-refractivity contribution in [1.82, 2.24) is 20.4 Å². The number of guanidine groups is 1. The van der Waals surface area contributed by atoms with Gasteiger partial charge in [0.25, 0.3) is 0 Å². The first-order chi connectivity index (χ1) is 14.1. The number of hydrogen-bond donors (Lipinski definition) is 2. The maximum absolute atomic E-state index is 11.6. The van der Waals surface area contributed by atoms with E-state index < -0.39 is 0 Å². The van der Waals surface area contributed by atoms with E-state index in [2.05, 4.69) is 65.5 Å². The molecule has 0 atom stereocenters. The summed E-state index contributed by atoms with van der Waals surface area (Å²) in [6.07, 6.45) is 2.71. The van der Waals surface area contributed by atoms with Crippen molar-refractivity contribution in [1.29, 1.82) is 0 Å². The molecule has 0 aliphatic carbocycles. The van der Waals surface area contributed by atoms with Crippen molar-refractivity contribution in [3.8, 4) is 0 Å². The van der Waals surface area contributed by atoms with E-state index in [0.717, 1.165) is 58.1 Å². The van der Waals surface area contributed by atoms with Crippen LogP contribution in [0.3, 0.4) is 0 Å². The fourth-order valence-electron chi connectivity index (χ4n) is 3.85. The lowest BCUT2D eigenvalue weighted by Crippen LogP contribution is -2.46. The summed E-state index contributed by atoms with van der Waals surface area (Å²) in [6.45, 7) is 13.1. The lowest BCUT2D eigenvalue weighted by atomic mass is 9.93. The van der Waals surface area contributed by atoms with Crippen molar-refractivity contribution in [3.05, 3.63) is 35.4 Å². The molecule has 1 aromatic carbocycles. The van der Waals surface area contributed by atoms with Crippen molar-refractivity contribution >= 4 is 11.9 Å². The van der Waals surface area contributed by atoms with Gasteiger partial charge in [-0.15, -0.1) is 0 Å². The van der Waals surface area contributed by atoms with Crippen LogP contribution in [0.5, 0.6) is 0 Å². The Morgan fingerprint density at radius 1 is 1.14 bits per heavy atom. The summed E-state index contributed by atoms with van der Waals surface area (Å²) in [5.41, 5.74) is 2.66. The lowest BCUT2D eigenvalue weighted by molar-refractivity contribution is -0.121. The SMILES string of the molecule is CCNC(=NCc1ccccc1CN(CC)CC)N1CCC(CC(=O)NC)CC1. The van der Waals surface area contributed by atoms with Gasteiger partial charge in [0.1, 0.15) is 0 Å². The molecule has 1 aromatic rings. The maximum Gasteiger partial charge on any atom is 0.220 e. The van der Waals surface area contributed by atoms with Crippen LogP contribution in [-0.4, -0.2) is 61.4 Å². The Hall–Kier alpha value is -2.08. The first-order valence-electron chi connectivity index (χ1n) is 11.1. The highest BCUT2D eigenvalue weighted by Crippen LogP contribution is 2.21. The van der Waals surface area contributed by atoms with E-state index in [1.807, 2.05) is 0 Å². The molecule has 1 saturated heterocycles. The number of rotatable bonds is 9. The number of benzene rings is 1. The van der Waals surface area contributed by atoms with Crippen LogP contribution in [0.25, 0.3) is 0 Å². The zero-order chi connectivity index (χ0) is 21.1. The molecule has 162 valence electrons. The zero-order valence-electron chi connectivity index (χ0n) is 18.7. The molecule has 1 fully saturated rings. The van der Waals surface area contributed by atoms with Gasteiger partial charge >= 0.3 is 0 Å². The topological polar surface area (TPSA) is 60.0 Å². The third-order valence-corrected chi connectivity index (χ3v) is 5.81. The number of likely N-dealkylation sites (tertiary alicyclic amines) is 1. The molecule has 1 aliphatic heterocycles. The van der Waals surface area contributed by atoms with Crippen LogP contribution in [0.15, 0.2) is 29.3 Å². The van der Waals surface area contributed by atoms with Crippen LogP contribution in [-0.2, 0) is 17.9 Å². The van der Waals surface area contributed by atoms with Crippen LogP contribution in [0.2, 0.25) is 0 Å². The van der Waals surface area contributed by atoms with Gasteiger partial charge in [0.15, 0.2) is 5.96 Å². The second-order valence-electron chi connectivity index (χ2n) is 7.71. The predicted molar refractivity (Wildman–Crippen MR) is 121 cm³/mol. The quantitative estimate of drug-likeness (QED) is 0.493. The first-order valence-corrected chi connectivity index (χ1v) is 11.1. The normalized spacial score (nSPS) is 15.6. The standard InChI is InChI=1S/C23H39N5O/c1-5-25-23(28-14-12-19(13-15-28)16-22(29)24-4)26-17-20-10-8-9-11-21(20)18-27(6-2)7-3/h8-11,19H,5-7,12-18H2,1-4H3,(H,24,29)(H,25,26). The Morgan fingerprint density at radius 2 is 1.79 bits per heavy atom. The lowest BCUT2D eigenvalue weighted by Gasteiger charge is -2.34. The van der Waals surface area contributed by atoms with Gasteiger partial charge < -0.3 is 15.5 Å². The maximum atomic E-state index is 11.6. The number of nitrogens with one attached hydrogen (secondary N) is 2. The Bertz CT molecular complexity index is 648. The summed E-state index contributed by atoms with van der Waals surface area (Å²) in [5, 5.41) is 6.20. The van der Waals surface area contributed by atoms with Gasteiger partial charge in [0.2, 0.25) is 5.91 Å². The van der Waals surface area contributed by atoms with Crippen LogP contribution in [0.4, 0.5) is 0 Å². The number of carbonyl (C=O) groups excluding carboxylic acids is 1. The van der Waals surface area contributed by atoms with Gasteiger partial charge in [-0.1, -0.05) is 38.1 Å². The largest absolute Gasteiger partial charge is 0.359 e. The summed E-state index contributed by atoms with van der Waals surface area (Å²) >= 11 is 0. The van der Waals surface area contributed by atoms with Gasteiger partial charge in [-0.05, 0) is 49.9 Å². The van der Waals surface area contributed by atoms with Gasteiger partial charge in [-0.25, -0.2) is 4.99 Å². The van der Waals surface area contributed by atoms with Crippen LogP contribution in [0, 0.1) is 5.92 Å². The summed E-state index contributed by atoms with van der Waals surface area (Å²) in [5.74, 6) is 1.61.